The maximum Gasteiger partial charge on any atom is 0.407 e. The lowest BCUT2D eigenvalue weighted by molar-refractivity contribution is -0.217. The monoisotopic (exact) mass is 1090 g/mol. The van der Waals surface area contributed by atoms with E-state index in [1.165, 1.54) is 14.2 Å². The van der Waals surface area contributed by atoms with Gasteiger partial charge in [0.15, 0.2) is 0 Å². The first-order chi connectivity index (χ1) is 37.3. The summed E-state index contributed by atoms with van der Waals surface area (Å²) < 4.78 is 48.3. The van der Waals surface area contributed by atoms with Gasteiger partial charge in [-0.2, -0.15) is 0 Å². The van der Waals surface area contributed by atoms with E-state index in [2.05, 4.69) is 52.2 Å². The topological polar surface area (TPSA) is 166 Å². The minimum Gasteiger partial charge on any atom is -0.469 e. The molecule has 0 heterocycles. The van der Waals surface area contributed by atoms with E-state index in [4.69, 9.17) is 37.9 Å². The van der Waals surface area contributed by atoms with Gasteiger partial charge < -0.3 is 48.5 Å². The fourth-order valence-corrected chi connectivity index (χ4v) is 20.4. The number of benzene rings is 1. The number of amides is 2. The minimum absolute atomic E-state index is 0.00563. The third-order valence-electron chi connectivity index (χ3n) is 24.5. The van der Waals surface area contributed by atoms with Crippen LogP contribution in [0, 0.1) is 92.7 Å². The Morgan fingerprint density at radius 1 is 0.538 bits per heavy atom. The number of fused-ring (bicyclic) bond motifs is 10. The van der Waals surface area contributed by atoms with Gasteiger partial charge in [-0.3, -0.25) is 9.59 Å². The molecule has 78 heavy (non-hydrogen) atoms. The zero-order valence-corrected chi connectivity index (χ0v) is 49.7. The van der Waals surface area contributed by atoms with Gasteiger partial charge in [0.05, 0.1) is 38.6 Å². The van der Waals surface area contributed by atoms with Gasteiger partial charge in [0.2, 0.25) is 0 Å². The van der Waals surface area contributed by atoms with Crippen molar-refractivity contribution in [3.8, 4) is 0 Å². The van der Waals surface area contributed by atoms with E-state index in [1.807, 2.05) is 52.7 Å². The first-order valence-electron chi connectivity index (χ1n) is 30.5. The number of methoxy groups -OCH3 is 6. The van der Waals surface area contributed by atoms with Gasteiger partial charge in [-0.05, 0) is 196 Å². The highest BCUT2D eigenvalue weighted by molar-refractivity contribution is 5.69. The number of esters is 2. The number of hydrogen-bond acceptors (Lipinski definition) is 12. The van der Waals surface area contributed by atoms with Crippen LogP contribution in [0.5, 0.6) is 0 Å². The second-order valence-corrected chi connectivity index (χ2v) is 27.3. The first kappa shape index (κ1) is 59.2. The number of nitrogens with one attached hydrogen (secondary N) is 2. The van der Waals surface area contributed by atoms with E-state index in [0.717, 1.165) is 114 Å². The Morgan fingerprint density at radius 2 is 0.949 bits per heavy atom. The molecular weight excluding hydrogens is 989 g/mol. The second kappa shape index (κ2) is 24.2. The third kappa shape index (κ3) is 10.9. The van der Waals surface area contributed by atoms with Crippen molar-refractivity contribution in [2.24, 2.45) is 92.7 Å². The highest BCUT2D eigenvalue weighted by Crippen LogP contribution is 2.71. The second-order valence-electron chi connectivity index (χ2n) is 27.3. The van der Waals surface area contributed by atoms with E-state index in [-0.39, 0.29) is 70.2 Å². The molecule has 8 aliphatic carbocycles. The maximum absolute atomic E-state index is 13.5. The Morgan fingerprint density at radius 3 is 1.32 bits per heavy atom. The molecule has 0 radical (unpaired) electrons. The molecule has 8 aliphatic rings. The molecule has 2 amide bonds. The Bertz CT molecular complexity index is 2110. The van der Waals surface area contributed by atoms with Crippen molar-refractivity contribution >= 4 is 24.1 Å². The van der Waals surface area contributed by atoms with Crippen LogP contribution in [0.2, 0.25) is 0 Å². The van der Waals surface area contributed by atoms with Crippen molar-refractivity contribution in [3.63, 3.8) is 0 Å². The van der Waals surface area contributed by atoms with E-state index in [0.29, 0.717) is 96.9 Å². The summed E-state index contributed by atoms with van der Waals surface area (Å²) in [6.07, 6.45) is 15.8. The molecule has 0 saturated heterocycles. The molecule has 8 fully saturated rings. The molecule has 438 valence electrons. The van der Waals surface area contributed by atoms with Crippen molar-refractivity contribution in [2.45, 2.75) is 207 Å². The molecule has 9 rings (SSSR count). The van der Waals surface area contributed by atoms with Crippen LogP contribution in [0.15, 0.2) is 24.3 Å². The maximum atomic E-state index is 13.5. The summed E-state index contributed by atoms with van der Waals surface area (Å²) in [4.78, 5) is 51.2. The van der Waals surface area contributed by atoms with Gasteiger partial charge in [0.1, 0.15) is 12.2 Å². The molecule has 0 bridgehead atoms. The largest absolute Gasteiger partial charge is 0.469 e. The summed E-state index contributed by atoms with van der Waals surface area (Å²) in [5, 5.41) is 6.06. The minimum atomic E-state index is -0.404. The standard InChI is InChI=1S/C64H100N2O12/c1-37(16-22-55(67)75-11)45-18-20-47-57-49(33-53(73-9)63(45,47)5)61(3)26-24-43(29-41(61)31-51(57)71-7)77-59(69)65-35-39-14-13-15-40(28-39)36-66-60(70)78-44-25-27-62(4)42(30-44)32-52(72-8)58-48-21-19-46(38(2)17-23-56(68)76-12)64(48,6)54(74-10)34-50(58)62/h13-15,28,37-38,41-54,57-58H,16-27,29-36H2,1-12H3,(H,65,69)(H,66,70)/t37-,38-,41+,42+,43-,44-,45-,46-,47+,48+,49+,50+,51-,52-,53+,54+,57+,58+,61+,62+,63-,64-/m1/s1. The summed E-state index contributed by atoms with van der Waals surface area (Å²) in [7, 11) is 10.5. The fraction of sp³-hybridized carbons (Fsp3) is 0.844. The number of carbonyl (C=O) groups excluding carboxylic acids is 4. The van der Waals surface area contributed by atoms with Crippen molar-refractivity contribution in [2.75, 3.05) is 42.7 Å². The zero-order chi connectivity index (χ0) is 55.9. The Balaban J connectivity index is 0.743. The highest BCUT2D eigenvalue weighted by atomic mass is 16.6. The van der Waals surface area contributed by atoms with Crippen molar-refractivity contribution in [1.29, 1.82) is 0 Å². The molecule has 0 aliphatic heterocycles. The molecule has 1 aromatic rings. The molecule has 0 spiro atoms. The molecule has 22 atom stereocenters. The SMILES string of the molecule is COC(=O)CC[C@@H](C)[C@H]1CC[C@H]2[C@@H]3[C@H](OC)C[C@@H]4C[C@H](OC(=O)NCc5cccc(CNC(=O)O[C@@H]6CC[C@@]7(C)[C@@H](C6)C[C@@H](OC)[C@@H]6[C@@H]7C[C@H](OC)[C@]7(C)[C@@H]([C@H](C)CCC(=O)OC)CC[C@@H]67)c5)CC[C@]4(C)[C@H]3C[C@H](OC)[C@]12C. The molecule has 8 saturated carbocycles. The van der Waals surface area contributed by atoms with Crippen LogP contribution in [0.3, 0.4) is 0 Å². The smallest absolute Gasteiger partial charge is 0.407 e. The van der Waals surface area contributed by atoms with Crippen molar-refractivity contribution < 1.29 is 57.1 Å². The highest BCUT2D eigenvalue weighted by Gasteiger charge is 2.68. The lowest BCUT2D eigenvalue weighted by atomic mass is 9.43. The summed E-state index contributed by atoms with van der Waals surface area (Å²) in [5.74, 6) is 4.94. The van der Waals surface area contributed by atoms with Crippen LogP contribution in [0.25, 0.3) is 0 Å². The van der Waals surface area contributed by atoms with E-state index in [1.54, 1.807) is 0 Å². The predicted molar refractivity (Wildman–Crippen MR) is 297 cm³/mol. The van der Waals surface area contributed by atoms with Gasteiger partial charge in [-0.15, -0.1) is 0 Å². The summed E-state index contributed by atoms with van der Waals surface area (Å²) in [5.41, 5.74) is 2.05. The van der Waals surface area contributed by atoms with Crippen LogP contribution in [0.4, 0.5) is 9.59 Å². The first-order valence-corrected chi connectivity index (χ1v) is 30.5. The Labute approximate surface area is 467 Å². The Kier molecular flexibility index (Phi) is 18.3. The summed E-state index contributed by atoms with van der Waals surface area (Å²) >= 11 is 0. The number of carbonyl (C=O) groups is 4. The van der Waals surface area contributed by atoms with Crippen LogP contribution in [-0.2, 0) is 60.6 Å². The zero-order valence-electron chi connectivity index (χ0n) is 49.7. The lowest BCUT2D eigenvalue weighted by Gasteiger charge is -2.64. The van der Waals surface area contributed by atoms with Gasteiger partial charge >= 0.3 is 24.1 Å². The number of hydrogen-bond donors (Lipinski definition) is 2. The molecule has 1 aromatic carbocycles. The number of alkyl carbamates (subject to hydrolysis) is 2. The van der Waals surface area contributed by atoms with Crippen LogP contribution >= 0.6 is 0 Å². The van der Waals surface area contributed by atoms with E-state index in [9.17, 15) is 19.2 Å². The summed E-state index contributed by atoms with van der Waals surface area (Å²) in [6, 6.07) is 7.94. The van der Waals surface area contributed by atoms with Gasteiger partial charge in [-0.25, -0.2) is 9.59 Å². The summed E-state index contributed by atoms with van der Waals surface area (Å²) in [6.45, 7) is 15.2. The molecule has 2 N–H and O–H groups in total. The predicted octanol–water partition coefficient (Wildman–Crippen LogP) is 11.9. The van der Waals surface area contributed by atoms with Gasteiger partial charge in [-0.1, -0.05) is 65.8 Å². The van der Waals surface area contributed by atoms with Crippen molar-refractivity contribution in [3.05, 3.63) is 35.4 Å². The lowest BCUT2D eigenvalue weighted by Crippen LogP contribution is -2.63. The normalized spacial score (nSPS) is 42.2. The molecule has 0 unspecified atom stereocenters. The average molecular weight is 1090 g/mol. The molecule has 14 heteroatoms. The molecular formula is C64H100N2O12. The van der Waals surface area contributed by atoms with Crippen LogP contribution < -0.4 is 10.6 Å². The van der Waals surface area contributed by atoms with Crippen LogP contribution in [0.1, 0.15) is 168 Å². The van der Waals surface area contributed by atoms with Gasteiger partial charge in [0, 0.05) is 65.2 Å². The average Bonchev–Trinajstić information content (AvgIpc) is 3.97. The fourth-order valence-electron chi connectivity index (χ4n) is 20.4. The molecule has 0 aromatic heterocycles. The van der Waals surface area contributed by atoms with E-state index < -0.39 is 12.2 Å². The number of ether oxygens (including phenoxy) is 8. The van der Waals surface area contributed by atoms with Gasteiger partial charge in [0.25, 0.3) is 0 Å². The number of rotatable bonds is 18. The van der Waals surface area contributed by atoms with E-state index >= 15 is 0 Å². The third-order valence-corrected chi connectivity index (χ3v) is 24.5. The van der Waals surface area contributed by atoms with Crippen LogP contribution in [-0.4, -0.2) is 103 Å². The quantitative estimate of drug-likeness (QED) is 0.106. The molecule has 14 nitrogen and oxygen atoms in total. The van der Waals surface area contributed by atoms with Crippen molar-refractivity contribution in [1.82, 2.24) is 10.6 Å². The Hall–Kier alpha value is -3.46.